The maximum atomic E-state index is 5.34. The van der Waals surface area contributed by atoms with Gasteiger partial charge in [0.25, 0.3) is 0 Å². The number of nitrogens with one attached hydrogen (secondary N) is 1. The van der Waals surface area contributed by atoms with Crippen LogP contribution < -0.4 is 5.32 Å². The van der Waals surface area contributed by atoms with Crippen LogP contribution >= 0.6 is 0 Å². The van der Waals surface area contributed by atoms with E-state index in [9.17, 15) is 0 Å². The molecule has 3 nitrogen and oxygen atoms in total. The van der Waals surface area contributed by atoms with Crippen molar-refractivity contribution in [1.82, 2.24) is 5.32 Å². The average Bonchev–Trinajstić information content (AvgIpc) is 2.30. The Labute approximate surface area is 113 Å². The molecule has 0 amide bonds. The summed E-state index contributed by atoms with van der Waals surface area (Å²) in [4.78, 5) is 0. The van der Waals surface area contributed by atoms with Crippen molar-refractivity contribution < 1.29 is 9.47 Å². The summed E-state index contributed by atoms with van der Waals surface area (Å²) in [5, 5.41) is 3.73. The molecule has 0 bridgehead atoms. The summed E-state index contributed by atoms with van der Waals surface area (Å²) < 4.78 is 10.7. The second-order valence-electron chi connectivity index (χ2n) is 6.23. The Morgan fingerprint density at radius 2 is 1.67 bits per heavy atom. The Bertz CT molecular complexity index is 229. The smallest absolute Gasteiger partial charge is 0.171 e. The second kappa shape index (κ2) is 7.46. The highest BCUT2D eigenvalue weighted by atomic mass is 16.7. The van der Waals surface area contributed by atoms with E-state index in [1.54, 1.807) is 14.2 Å². The summed E-state index contributed by atoms with van der Waals surface area (Å²) in [5.41, 5.74) is 0. The van der Waals surface area contributed by atoms with Gasteiger partial charge < -0.3 is 14.8 Å². The SMILES string of the molecule is COC(OC)C(C)NC1CC(C)CCC1C(C)C. The molecule has 0 spiro atoms. The van der Waals surface area contributed by atoms with E-state index in [4.69, 9.17) is 9.47 Å². The summed E-state index contributed by atoms with van der Waals surface area (Å²) in [6.45, 7) is 9.18. The van der Waals surface area contributed by atoms with Crippen molar-refractivity contribution >= 4 is 0 Å². The molecule has 3 heteroatoms. The third-order valence-corrected chi connectivity index (χ3v) is 4.37. The summed E-state index contributed by atoms with van der Waals surface area (Å²) in [5.74, 6) is 2.34. The Kier molecular flexibility index (Phi) is 6.61. The molecular weight excluding hydrogens is 226 g/mol. The van der Waals surface area contributed by atoms with Crippen molar-refractivity contribution in [3.8, 4) is 0 Å². The molecule has 1 fully saturated rings. The van der Waals surface area contributed by atoms with Gasteiger partial charge in [0, 0.05) is 20.3 Å². The number of hydrogen-bond acceptors (Lipinski definition) is 3. The van der Waals surface area contributed by atoms with Gasteiger partial charge in [-0.1, -0.05) is 27.2 Å². The topological polar surface area (TPSA) is 30.5 Å². The summed E-state index contributed by atoms with van der Waals surface area (Å²) in [7, 11) is 3.41. The van der Waals surface area contributed by atoms with E-state index in [1.807, 2.05) is 0 Å². The van der Waals surface area contributed by atoms with E-state index in [2.05, 4.69) is 33.0 Å². The molecular formula is C15H31NO2. The average molecular weight is 257 g/mol. The molecule has 4 atom stereocenters. The normalized spacial score (nSPS) is 31.0. The van der Waals surface area contributed by atoms with Crippen molar-refractivity contribution in [3.05, 3.63) is 0 Å². The summed E-state index contributed by atoms with van der Waals surface area (Å²) in [6.07, 6.45) is 3.82. The zero-order chi connectivity index (χ0) is 13.7. The molecule has 4 unspecified atom stereocenters. The van der Waals surface area contributed by atoms with Crippen molar-refractivity contribution in [2.24, 2.45) is 17.8 Å². The van der Waals surface area contributed by atoms with E-state index in [0.29, 0.717) is 6.04 Å². The predicted molar refractivity (Wildman–Crippen MR) is 75.5 cm³/mol. The molecule has 0 aliphatic heterocycles. The first-order valence-electron chi connectivity index (χ1n) is 7.31. The van der Waals surface area contributed by atoms with Gasteiger partial charge in [-0.25, -0.2) is 0 Å². The Morgan fingerprint density at radius 1 is 1.06 bits per heavy atom. The Balaban J connectivity index is 2.59. The lowest BCUT2D eigenvalue weighted by Crippen LogP contribution is -2.51. The van der Waals surface area contributed by atoms with E-state index >= 15 is 0 Å². The monoisotopic (exact) mass is 257 g/mol. The molecule has 0 aromatic heterocycles. The van der Waals surface area contributed by atoms with Crippen molar-refractivity contribution in [2.45, 2.75) is 65.3 Å². The molecule has 0 heterocycles. The van der Waals surface area contributed by atoms with Gasteiger partial charge >= 0.3 is 0 Å². The maximum Gasteiger partial charge on any atom is 0.171 e. The predicted octanol–water partition coefficient (Wildman–Crippen LogP) is 3.04. The van der Waals surface area contributed by atoms with Crippen LogP contribution in [0.25, 0.3) is 0 Å². The minimum absolute atomic E-state index is 0.157. The van der Waals surface area contributed by atoms with Gasteiger partial charge in [-0.05, 0) is 37.5 Å². The van der Waals surface area contributed by atoms with Gasteiger partial charge in [-0.3, -0.25) is 0 Å². The largest absolute Gasteiger partial charge is 0.354 e. The minimum atomic E-state index is -0.157. The summed E-state index contributed by atoms with van der Waals surface area (Å²) in [6, 6.07) is 0.827. The molecule has 1 rings (SSSR count). The lowest BCUT2D eigenvalue weighted by molar-refractivity contribution is -0.123. The first-order chi connectivity index (χ1) is 8.49. The fourth-order valence-electron chi connectivity index (χ4n) is 3.31. The van der Waals surface area contributed by atoms with Crippen LogP contribution in [-0.2, 0) is 9.47 Å². The van der Waals surface area contributed by atoms with Gasteiger partial charge in [0.05, 0.1) is 6.04 Å². The highest BCUT2D eigenvalue weighted by Gasteiger charge is 2.32. The van der Waals surface area contributed by atoms with Gasteiger partial charge in [-0.2, -0.15) is 0 Å². The quantitative estimate of drug-likeness (QED) is 0.742. The highest BCUT2D eigenvalue weighted by molar-refractivity contribution is 4.87. The third kappa shape index (κ3) is 4.22. The maximum absolute atomic E-state index is 5.34. The number of ether oxygens (including phenoxy) is 2. The second-order valence-corrected chi connectivity index (χ2v) is 6.23. The fourth-order valence-corrected chi connectivity index (χ4v) is 3.31. The van der Waals surface area contributed by atoms with Crippen LogP contribution in [0.3, 0.4) is 0 Å². The van der Waals surface area contributed by atoms with Gasteiger partial charge in [0.1, 0.15) is 0 Å². The number of rotatable bonds is 6. The van der Waals surface area contributed by atoms with E-state index in [1.165, 1.54) is 19.3 Å². The number of methoxy groups -OCH3 is 2. The standard InChI is InChI=1S/C15H31NO2/c1-10(2)13-8-7-11(3)9-14(13)16-12(4)15(17-5)18-6/h10-16H,7-9H2,1-6H3. The highest BCUT2D eigenvalue weighted by Crippen LogP contribution is 2.33. The molecule has 1 aliphatic carbocycles. The van der Waals surface area contributed by atoms with Crippen molar-refractivity contribution in [3.63, 3.8) is 0 Å². The van der Waals surface area contributed by atoms with Crippen LogP contribution in [0.4, 0.5) is 0 Å². The third-order valence-electron chi connectivity index (χ3n) is 4.37. The molecule has 1 aliphatic rings. The Morgan fingerprint density at radius 3 is 2.17 bits per heavy atom. The van der Waals surface area contributed by atoms with Gasteiger partial charge in [0.2, 0.25) is 0 Å². The van der Waals surface area contributed by atoms with Gasteiger partial charge in [-0.15, -0.1) is 0 Å². The molecule has 18 heavy (non-hydrogen) atoms. The van der Waals surface area contributed by atoms with Crippen LogP contribution in [0.1, 0.15) is 47.0 Å². The van der Waals surface area contributed by atoms with E-state index in [0.717, 1.165) is 17.8 Å². The first-order valence-corrected chi connectivity index (χ1v) is 7.31. The molecule has 0 aromatic carbocycles. The summed E-state index contributed by atoms with van der Waals surface area (Å²) >= 11 is 0. The van der Waals surface area contributed by atoms with E-state index < -0.39 is 0 Å². The molecule has 0 saturated heterocycles. The fraction of sp³-hybridized carbons (Fsp3) is 1.00. The van der Waals surface area contributed by atoms with E-state index in [-0.39, 0.29) is 12.3 Å². The first kappa shape index (κ1) is 15.9. The zero-order valence-electron chi connectivity index (χ0n) is 12.9. The Hall–Kier alpha value is -0.120. The van der Waals surface area contributed by atoms with Crippen LogP contribution in [0.5, 0.6) is 0 Å². The van der Waals surface area contributed by atoms with Crippen LogP contribution in [0, 0.1) is 17.8 Å². The molecule has 0 radical (unpaired) electrons. The lowest BCUT2D eigenvalue weighted by Gasteiger charge is -2.40. The van der Waals surface area contributed by atoms with Crippen LogP contribution in [-0.4, -0.2) is 32.6 Å². The lowest BCUT2D eigenvalue weighted by atomic mass is 9.74. The van der Waals surface area contributed by atoms with Gasteiger partial charge in [0.15, 0.2) is 6.29 Å². The molecule has 108 valence electrons. The molecule has 1 N–H and O–H groups in total. The zero-order valence-corrected chi connectivity index (χ0v) is 12.9. The van der Waals surface area contributed by atoms with Crippen molar-refractivity contribution in [2.75, 3.05) is 14.2 Å². The molecule has 1 saturated carbocycles. The van der Waals surface area contributed by atoms with Crippen LogP contribution in [0.15, 0.2) is 0 Å². The van der Waals surface area contributed by atoms with Crippen LogP contribution in [0.2, 0.25) is 0 Å². The minimum Gasteiger partial charge on any atom is -0.354 e. The number of hydrogen-bond donors (Lipinski definition) is 1. The van der Waals surface area contributed by atoms with Crippen molar-refractivity contribution in [1.29, 1.82) is 0 Å². The molecule has 0 aromatic rings.